The first-order chi connectivity index (χ1) is 10.6. The van der Waals surface area contributed by atoms with E-state index >= 15 is 0 Å². The molecule has 0 saturated heterocycles. The zero-order valence-electron chi connectivity index (χ0n) is 11.6. The Morgan fingerprint density at radius 3 is 2.82 bits per heavy atom. The van der Waals surface area contributed by atoms with Crippen LogP contribution in [-0.2, 0) is 6.42 Å². The van der Waals surface area contributed by atoms with Crippen molar-refractivity contribution in [1.29, 1.82) is 0 Å². The second kappa shape index (κ2) is 6.34. The number of rotatable bonds is 4. The Hall–Kier alpha value is -2.11. The van der Waals surface area contributed by atoms with Crippen molar-refractivity contribution in [1.82, 2.24) is 10.3 Å². The third-order valence-corrected chi connectivity index (χ3v) is 4.56. The smallest absolute Gasteiger partial charge is 0.267 e. The lowest BCUT2D eigenvalue weighted by atomic mass is 10.2. The molecule has 22 heavy (non-hydrogen) atoms. The van der Waals surface area contributed by atoms with Crippen LogP contribution in [0.4, 0.5) is 0 Å². The summed E-state index contributed by atoms with van der Waals surface area (Å²) in [6.45, 7) is 0.491. The Balaban J connectivity index is 1.71. The van der Waals surface area contributed by atoms with Gasteiger partial charge in [-0.05, 0) is 30.7 Å². The standard InChI is InChI=1S/C16H13ClN2O2S/c17-15-6-5-10(22-15)7-8-18-16(21)13-9-14(20)11-3-1-2-4-12(11)19-13/h1-6,9H,7-8H2,(H,18,21)(H,19,20). The molecule has 4 nitrogen and oxygen atoms in total. The van der Waals surface area contributed by atoms with E-state index in [1.165, 1.54) is 17.4 Å². The van der Waals surface area contributed by atoms with Crippen molar-refractivity contribution in [3.63, 3.8) is 0 Å². The summed E-state index contributed by atoms with van der Waals surface area (Å²) < 4.78 is 0.736. The summed E-state index contributed by atoms with van der Waals surface area (Å²) in [5.41, 5.74) is 0.766. The van der Waals surface area contributed by atoms with Gasteiger partial charge in [0.15, 0.2) is 5.43 Å². The van der Waals surface area contributed by atoms with Gasteiger partial charge in [0.05, 0.1) is 4.34 Å². The van der Waals surface area contributed by atoms with Crippen LogP contribution in [0.3, 0.4) is 0 Å². The van der Waals surface area contributed by atoms with E-state index < -0.39 is 0 Å². The second-order valence-corrected chi connectivity index (χ2v) is 6.60. The van der Waals surface area contributed by atoms with Crippen molar-refractivity contribution in [2.24, 2.45) is 0 Å². The molecule has 0 aliphatic heterocycles. The highest BCUT2D eigenvalue weighted by Gasteiger charge is 2.09. The molecule has 1 amide bonds. The number of halogens is 1. The summed E-state index contributed by atoms with van der Waals surface area (Å²) in [5, 5.41) is 3.38. The number of aromatic nitrogens is 1. The van der Waals surface area contributed by atoms with Crippen molar-refractivity contribution < 1.29 is 4.79 Å². The summed E-state index contributed by atoms with van der Waals surface area (Å²) in [6.07, 6.45) is 0.709. The molecular formula is C16H13ClN2O2S. The fraction of sp³-hybridized carbons (Fsp3) is 0.125. The molecule has 2 aromatic heterocycles. The highest BCUT2D eigenvalue weighted by Crippen LogP contribution is 2.21. The molecule has 0 fully saturated rings. The fourth-order valence-corrected chi connectivity index (χ4v) is 3.29. The van der Waals surface area contributed by atoms with E-state index in [2.05, 4.69) is 10.3 Å². The minimum Gasteiger partial charge on any atom is -0.350 e. The molecule has 0 unspecified atom stereocenters. The number of nitrogens with one attached hydrogen (secondary N) is 2. The van der Waals surface area contributed by atoms with Crippen molar-refractivity contribution in [3.05, 3.63) is 67.6 Å². The Labute approximate surface area is 135 Å². The van der Waals surface area contributed by atoms with E-state index in [1.807, 2.05) is 18.2 Å². The van der Waals surface area contributed by atoms with Crippen molar-refractivity contribution in [2.75, 3.05) is 6.54 Å². The number of para-hydroxylation sites is 1. The van der Waals surface area contributed by atoms with E-state index in [0.717, 1.165) is 9.21 Å². The second-order valence-electron chi connectivity index (χ2n) is 4.80. The Morgan fingerprint density at radius 1 is 1.23 bits per heavy atom. The third-order valence-electron chi connectivity index (χ3n) is 3.27. The van der Waals surface area contributed by atoms with Crippen molar-refractivity contribution >= 4 is 39.7 Å². The van der Waals surface area contributed by atoms with Gasteiger partial charge in [-0.1, -0.05) is 23.7 Å². The van der Waals surface area contributed by atoms with Crippen LogP contribution in [0.25, 0.3) is 10.9 Å². The van der Waals surface area contributed by atoms with Crippen LogP contribution in [0, 0.1) is 0 Å². The van der Waals surface area contributed by atoms with Crippen LogP contribution in [0.2, 0.25) is 4.34 Å². The molecule has 3 rings (SSSR count). The summed E-state index contributed by atoms with van der Waals surface area (Å²) in [7, 11) is 0. The number of benzene rings is 1. The Kier molecular flexibility index (Phi) is 4.27. The maximum absolute atomic E-state index is 12.1. The average molecular weight is 333 g/mol. The molecule has 0 atom stereocenters. The SMILES string of the molecule is O=C(NCCc1ccc(Cl)s1)c1cc(=O)c2ccccc2[nH]1. The molecule has 0 saturated carbocycles. The number of pyridine rings is 1. The molecule has 6 heteroatoms. The topological polar surface area (TPSA) is 62.0 Å². The van der Waals surface area contributed by atoms with Crippen LogP contribution in [0.1, 0.15) is 15.4 Å². The van der Waals surface area contributed by atoms with E-state index in [4.69, 9.17) is 11.6 Å². The summed E-state index contributed by atoms with van der Waals surface area (Å²) in [6, 6.07) is 12.2. The maximum atomic E-state index is 12.1. The fourth-order valence-electron chi connectivity index (χ4n) is 2.20. The summed E-state index contributed by atoms with van der Waals surface area (Å²) in [4.78, 5) is 28.2. The number of hydrogen-bond acceptors (Lipinski definition) is 3. The first-order valence-electron chi connectivity index (χ1n) is 6.78. The van der Waals surface area contributed by atoms with Gasteiger partial charge in [0.25, 0.3) is 5.91 Å². The third kappa shape index (κ3) is 3.21. The zero-order valence-corrected chi connectivity index (χ0v) is 13.1. The monoisotopic (exact) mass is 332 g/mol. The van der Waals surface area contributed by atoms with Gasteiger partial charge in [-0.25, -0.2) is 0 Å². The first-order valence-corrected chi connectivity index (χ1v) is 7.97. The normalized spacial score (nSPS) is 10.8. The largest absolute Gasteiger partial charge is 0.350 e. The van der Waals surface area contributed by atoms with Gasteiger partial charge >= 0.3 is 0 Å². The van der Waals surface area contributed by atoms with Gasteiger partial charge in [0, 0.05) is 28.4 Å². The predicted octanol–water partition coefficient (Wildman–Crippen LogP) is 3.22. The number of H-pyrrole nitrogens is 1. The van der Waals surface area contributed by atoms with Gasteiger partial charge in [0.1, 0.15) is 5.69 Å². The van der Waals surface area contributed by atoms with E-state index in [1.54, 1.807) is 18.2 Å². The molecule has 112 valence electrons. The Morgan fingerprint density at radius 2 is 2.05 bits per heavy atom. The zero-order chi connectivity index (χ0) is 15.5. The van der Waals surface area contributed by atoms with Gasteiger partial charge in [0.2, 0.25) is 0 Å². The van der Waals surface area contributed by atoms with Crippen molar-refractivity contribution in [3.8, 4) is 0 Å². The molecule has 3 aromatic rings. The number of aromatic amines is 1. The molecule has 0 spiro atoms. The van der Waals surface area contributed by atoms with Crippen LogP contribution < -0.4 is 10.7 Å². The predicted molar refractivity (Wildman–Crippen MR) is 89.9 cm³/mol. The number of thiophene rings is 1. The Bertz CT molecular complexity index is 885. The number of hydrogen-bond donors (Lipinski definition) is 2. The lowest BCUT2D eigenvalue weighted by molar-refractivity contribution is 0.0949. The van der Waals surface area contributed by atoms with Crippen LogP contribution >= 0.6 is 22.9 Å². The summed E-state index contributed by atoms with van der Waals surface area (Å²) >= 11 is 7.36. The average Bonchev–Trinajstić information content (AvgIpc) is 2.92. The first kappa shape index (κ1) is 14.8. The van der Waals surface area contributed by atoms with E-state index in [9.17, 15) is 9.59 Å². The lowest BCUT2D eigenvalue weighted by Gasteiger charge is -2.06. The molecule has 1 aromatic carbocycles. The molecule has 0 bridgehead atoms. The van der Waals surface area contributed by atoms with E-state index in [0.29, 0.717) is 23.9 Å². The highest BCUT2D eigenvalue weighted by atomic mass is 35.5. The number of carbonyl (C=O) groups excluding carboxylic acids is 1. The van der Waals surface area contributed by atoms with Gasteiger partial charge < -0.3 is 10.3 Å². The van der Waals surface area contributed by atoms with Gasteiger partial charge in [-0.15, -0.1) is 11.3 Å². The van der Waals surface area contributed by atoms with Crippen LogP contribution in [-0.4, -0.2) is 17.4 Å². The van der Waals surface area contributed by atoms with Crippen LogP contribution in [0.15, 0.2) is 47.3 Å². The molecule has 2 N–H and O–H groups in total. The molecular weight excluding hydrogens is 320 g/mol. The van der Waals surface area contributed by atoms with Crippen LogP contribution in [0.5, 0.6) is 0 Å². The number of carbonyl (C=O) groups is 1. The maximum Gasteiger partial charge on any atom is 0.267 e. The van der Waals surface area contributed by atoms with Gasteiger partial charge in [-0.3, -0.25) is 9.59 Å². The molecule has 0 aliphatic rings. The lowest BCUT2D eigenvalue weighted by Crippen LogP contribution is -2.27. The van der Waals surface area contributed by atoms with Gasteiger partial charge in [-0.2, -0.15) is 0 Å². The highest BCUT2D eigenvalue weighted by molar-refractivity contribution is 7.16. The molecule has 0 aliphatic carbocycles. The molecule has 0 radical (unpaired) electrons. The minimum absolute atomic E-state index is 0.162. The number of amides is 1. The van der Waals surface area contributed by atoms with Crippen molar-refractivity contribution in [2.45, 2.75) is 6.42 Å². The summed E-state index contributed by atoms with van der Waals surface area (Å²) in [5.74, 6) is -0.287. The quantitative estimate of drug-likeness (QED) is 0.770. The number of fused-ring (bicyclic) bond motifs is 1. The minimum atomic E-state index is -0.287. The van der Waals surface area contributed by atoms with E-state index in [-0.39, 0.29) is 17.0 Å². The molecule has 2 heterocycles.